The maximum atomic E-state index is 11.9. The monoisotopic (exact) mass is 314 g/mol. The summed E-state index contributed by atoms with van der Waals surface area (Å²) in [5, 5.41) is 14.4. The highest BCUT2D eigenvalue weighted by Gasteiger charge is 2.19. The lowest BCUT2D eigenvalue weighted by molar-refractivity contribution is -0.136. The Labute approximate surface area is 128 Å². The molecule has 1 rings (SSSR count). The summed E-state index contributed by atoms with van der Waals surface area (Å²) in [6, 6.07) is 2.74. The van der Waals surface area contributed by atoms with Gasteiger partial charge in [-0.2, -0.15) is 0 Å². The SMILES string of the molecule is CCC(CO)NC(=O)C(=O)Nc1cc(C)c(Cl)cc1OC. The summed E-state index contributed by atoms with van der Waals surface area (Å²) >= 11 is 5.97. The molecule has 116 valence electrons. The summed E-state index contributed by atoms with van der Waals surface area (Å²) in [6.45, 7) is 3.35. The van der Waals surface area contributed by atoms with Gasteiger partial charge < -0.3 is 20.5 Å². The van der Waals surface area contributed by atoms with Crippen LogP contribution >= 0.6 is 11.6 Å². The Bertz CT molecular complexity index is 530. The van der Waals surface area contributed by atoms with Crippen LogP contribution < -0.4 is 15.4 Å². The summed E-state index contributed by atoms with van der Waals surface area (Å²) in [5.41, 5.74) is 1.10. The molecular weight excluding hydrogens is 296 g/mol. The van der Waals surface area contributed by atoms with Crippen molar-refractivity contribution in [3.05, 3.63) is 22.7 Å². The second-order valence-corrected chi connectivity index (χ2v) is 4.92. The van der Waals surface area contributed by atoms with E-state index in [1.807, 2.05) is 0 Å². The molecule has 1 unspecified atom stereocenters. The molecule has 0 aliphatic heterocycles. The van der Waals surface area contributed by atoms with Gasteiger partial charge in [0, 0.05) is 11.1 Å². The van der Waals surface area contributed by atoms with Crippen molar-refractivity contribution in [3.8, 4) is 5.75 Å². The van der Waals surface area contributed by atoms with Gasteiger partial charge in [0.25, 0.3) is 0 Å². The number of anilines is 1. The van der Waals surface area contributed by atoms with E-state index >= 15 is 0 Å². The second kappa shape index (κ2) is 7.85. The number of aliphatic hydroxyl groups is 1. The molecule has 6 nitrogen and oxygen atoms in total. The molecule has 0 aliphatic carbocycles. The van der Waals surface area contributed by atoms with Crippen molar-refractivity contribution in [1.82, 2.24) is 5.32 Å². The van der Waals surface area contributed by atoms with Gasteiger partial charge in [0.05, 0.1) is 25.4 Å². The zero-order valence-electron chi connectivity index (χ0n) is 12.2. The molecule has 21 heavy (non-hydrogen) atoms. The Kier molecular flexibility index (Phi) is 6.45. The van der Waals surface area contributed by atoms with Crippen molar-refractivity contribution in [1.29, 1.82) is 0 Å². The van der Waals surface area contributed by atoms with Crippen LogP contribution in [-0.4, -0.2) is 36.7 Å². The molecule has 0 saturated heterocycles. The average molecular weight is 315 g/mol. The molecule has 0 aromatic heterocycles. The van der Waals surface area contributed by atoms with Crippen LogP contribution in [0.4, 0.5) is 5.69 Å². The molecule has 0 fully saturated rings. The van der Waals surface area contributed by atoms with Gasteiger partial charge in [0.2, 0.25) is 0 Å². The lowest BCUT2D eigenvalue weighted by Crippen LogP contribution is -2.43. The van der Waals surface area contributed by atoms with Crippen molar-refractivity contribution in [2.75, 3.05) is 19.0 Å². The van der Waals surface area contributed by atoms with Gasteiger partial charge in [-0.3, -0.25) is 9.59 Å². The molecule has 3 N–H and O–H groups in total. The van der Waals surface area contributed by atoms with Crippen LogP contribution in [0.3, 0.4) is 0 Å². The normalized spacial score (nSPS) is 11.7. The van der Waals surface area contributed by atoms with Crippen LogP contribution in [0.25, 0.3) is 0 Å². The van der Waals surface area contributed by atoms with Crippen molar-refractivity contribution in [2.24, 2.45) is 0 Å². The number of carbonyl (C=O) groups excluding carboxylic acids is 2. The Hall–Kier alpha value is -1.79. The highest BCUT2D eigenvalue weighted by atomic mass is 35.5. The minimum Gasteiger partial charge on any atom is -0.495 e. The molecule has 0 heterocycles. The zero-order chi connectivity index (χ0) is 16.0. The van der Waals surface area contributed by atoms with E-state index in [0.29, 0.717) is 22.9 Å². The van der Waals surface area contributed by atoms with Crippen molar-refractivity contribution < 1.29 is 19.4 Å². The van der Waals surface area contributed by atoms with E-state index in [1.54, 1.807) is 26.0 Å². The third-order valence-electron chi connectivity index (χ3n) is 2.98. The molecule has 0 radical (unpaired) electrons. The molecular formula is C14H19ClN2O4. The topological polar surface area (TPSA) is 87.7 Å². The first-order valence-corrected chi connectivity index (χ1v) is 6.87. The van der Waals surface area contributed by atoms with Gasteiger partial charge >= 0.3 is 11.8 Å². The van der Waals surface area contributed by atoms with E-state index < -0.39 is 17.9 Å². The van der Waals surface area contributed by atoms with Crippen molar-refractivity contribution in [3.63, 3.8) is 0 Å². The number of halogens is 1. The molecule has 1 atom stereocenters. The number of methoxy groups -OCH3 is 1. The molecule has 0 aliphatic rings. The number of amides is 2. The van der Waals surface area contributed by atoms with E-state index in [9.17, 15) is 9.59 Å². The number of benzene rings is 1. The minimum atomic E-state index is -0.832. The largest absolute Gasteiger partial charge is 0.495 e. The summed E-state index contributed by atoms with van der Waals surface area (Å²) in [4.78, 5) is 23.6. The van der Waals surface area contributed by atoms with Crippen LogP contribution in [0.5, 0.6) is 5.75 Å². The molecule has 1 aromatic carbocycles. The third kappa shape index (κ3) is 4.61. The maximum Gasteiger partial charge on any atom is 0.313 e. The van der Waals surface area contributed by atoms with E-state index in [1.165, 1.54) is 7.11 Å². The summed E-state index contributed by atoms with van der Waals surface area (Å²) in [7, 11) is 1.44. The fourth-order valence-corrected chi connectivity index (χ4v) is 1.79. The number of aryl methyl sites for hydroxylation is 1. The highest BCUT2D eigenvalue weighted by Crippen LogP contribution is 2.30. The van der Waals surface area contributed by atoms with Crippen LogP contribution in [0, 0.1) is 6.92 Å². The quantitative estimate of drug-likeness (QED) is 0.718. The predicted molar refractivity (Wildman–Crippen MR) is 80.7 cm³/mol. The minimum absolute atomic E-state index is 0.223. The van der Waals surface area contributed by atoms with Gasteiger partial charge in [0.1, 0.15) is 5.75 Å². The first-order valence-electron chi connectivity index (χ1n) is 6.49. The molecule has 7 heteroatoms. The molecule has 2 amide bonds. The number of aliphatic hydroxyl groups excluding tert-OH is 1. The van der Waals surface area contributed by atoms with Crippen molar-refractivity contribution in [2.45, 2.75) is 26.3 Å². The number of hydrogen-bond acceptors (Lipinski definition) is 4. The van der Waals surface area contributed by atoms with E-state index in [2.05, 4.69) is 10.6 Å². The summed E-state index contributed by atoms with van der Waals surface area (Å²) < 4.78 is 5.11. The number of hydrogen-bond donors (Lipinski definition) is 3. The standard InChI is InChI=1S/C14H19ClN2O4/c1-4-9(7-18)16-13(19)14(20)17-11-5-8(2)10(15)6-12(11)21-3/h5-6,9,18H,4,7H2,1-3H3,(H,16,19)(H,17,20). The van der Waals surface area contributed by atoms with Gasteiger partial charge in [-0.05, 0) is 25.0 Å². The van der Waals surface area contributed by atoms with Crippen LogP contribution in [-0.2, 0) is 9.59 Å². The van der Waals surface area contributed by atoms with E-state index in [4.69, 9.17) is 21.4 Å². The Morgan fingerprint density at radius 2 is 2.05 bits per heavy atom. The fraction of sp³-hybridized carbons (Fsp3) is 0.429. The third-order valence-corrected chi connectivity index (χ3v) is 3.39. The van der Waals surface area contributed by atoms with E-state index in [0.717, 1.165) is 5.56 Å². The predicted octanol–water partition coefficient (Wildman–Crippen LogP) is 1.48. The molecule has 0 saturated carbocycles. The zero-order valence-corrected chi connectivity index (χ0v) is 13.0. The van der Waals surface area contributed by atoms with Gasteiger partial charge in [0.15, 0.2) is 0 Å². The van der Waals surface area contributed by atoms with Crippen LogP contribution in [0.2, 0.25) is 5.02 Å². The Morgan fingerprint density at radius 3 is 2.57 bits per heavy atom. The van der Waals surface area contributed by atoms with Gasteiger partial charge in [-0.1, -0.05) is 18.5 Å². The Balaban J connectivity index is 2.83. The summed E-state index contributed by atoms with van der Waals surface area (Å²) in [6.07, 6.45) is 0.527. The number of carbonyl (C=O) groups is 2. The first kappa shape index (κ1) is 17.3. The Morgan fingerprint density at radius 1 is 1.38 bits per heavy atom. The number of nitrogens with one attached hydrogen (secondary N) is 2. The second-order valence-electron chi connectivity index (χ2n) is 4.52. The molecule has 0 bridgehead atoms. The highest BCUT2D eigenvalue weighted by molar-refractivity contribution is 6.40. The fourth-order valence-electron chi connectivity index (χ4n) is 1.64. The smallest absolute Gasteiger partial charge is 0.313 e. The molecule has 1 aromatic rings. The summed E-state index contributed by atoms with van der Waals surface area (Å²) in [5.74, 6) is -1.28. The van der Waals surface area contributed by atoms with Crippen molar-refractivity contribution >= 4 is 29.1 Å². The molecule has 0 spiro atoms. The van der Waals surface area contributed by atoms with Gasteiger partial charge in [-0.25, -0.2) is 0 Å². The number of rotatable bonds is 5. The first-order chi connectivity index (χ1) is 9.92. The van der Waals surface area contributed by atoms with Crippen LogP contribution in [0.15, 0.2) is 12.1 Å². The van der Waals surface area contributed by atoms with Crippen LogP contribution in [0.1, 0.15) is 18.9 Å². The average Bonchev–Trinajstić information content (AvgIpc) is 2.47. The lowest BCUT2D eigenvalue weighted by atomic mass is 10.2. The lowest BCUT2D eigenvalue weighted by Gasteiger charge is -2.15. The number of ether oxygens (including phenoxy) is 1. The maximum absolute atomic E-state index is 11.9. The van der Waals surface area contributed by atoms with Gasteiger partial charge in [-0.15, -0.1) is 0 Å². The van der Waals surface area contributed by atoms with E-state index in [-0.39, 0.29) is 6.61 Å².